The van der Waals surface area contributed by atoms with Gasteiger partial charge in [-0.1, -0.05) is 53.4 Å². The molecular formula is C24H21FN3OS3+. The first kappa shape index (κ1) is 21.2. The van der Waals surface area contributed by atoms with Crippen molar-refractivity contribution in [3.05, 3.63) is 96.0 Å². The van der Waals surface area contributed by atoms with Crippen LogP contribution in [0.3, 0.4) is 0 Å². The topological polar surface area (TPSA) is 29.1 Å². The molecule has 4 aromatic rings. The maximum Gasteiger partial charge on any atom is 0.271 e. The van der Waals surface area contributed by atoms with Gasteiger partial charge in [-0.2, -0.15) is 4.57 Å². The normalized spacial score (nSPS) is 15.5. The van der Waals surface area contributed by atoms with Crippen molar-refractivity contribution in [1.82, 2.24) is 4.57 Å². The number of hydrogen-bond acceptors (Lipinski definition) is 5. The smallest absolute Gasteiger partial charge is 0.271 e. The van der Waals surface area contributed by atoms with Gasteiger partial charge < -0.3 is 4.90 Å². The van der Waals surface area contributed by atoms with Gasteiger partial charge in [-0.15, -0.1) is 11.3 Å². The summed E-state index contributed by atoms with van der Waals surface area (Å²) in [7, 11) is 1.93. The van der Waals surface area contributed by atoms with Crippen LogP contribution in [0.2, 0.25) is 0 Å². The van der Waals surface area contributed by atoms with Gasteiger partial charge in [0.2, 0.25) is 0 Å². The Morgan fingerprint density at radius 1 is 1.16 bits per heavy atom. The summed E-state index contributed by atoms with van der Waals surface area (Å²) in [6.07, 6.45) is 4.17. The molecule has 0 saturated carbocycles. The van der Waals surface area contributed by atoms with E-state index in [0.29, 0.717) is 11.1 Å². The number of rotatable bonds is 4. The number of thiazole rings is 2. The third kappa shape index (κ3) is 3.83. The second-order valence-corrected chi connectivity index (χ2v) is 10.4. The van der Waals surface area contributed by atoms with Gasteiger partial charge in [0.05, 0.1) is 17.1 Å². The Labute approximate surface area is 197 Å². The molecule has 3 heterocycles. The molecule has 1 aliphatic heterocycles. The number of anilines is 1. The monoisotopic (exact) mass is 482 g/mol. The zero-order valence-corrected chi connectivity index (χ0v) is 20.1. The van der Waals surface area contributed by atoms with Crippen LogP contribution in [0.25, 0.3) is 11.1 Å². The summed E-state index contributed by atoms with van der Waals surface area (Å²) in [5, 5.41) is 4.01. The van der Waals surface area contributed by atoms with Crippen LogP contribution in [-0.2, 0) is 13.1 Å². The van der Waals surface area contributed by atoms with E-state index in [2.05, 4.69) is 34.4 Å². The first-order valence-corrected chi connectivity index (χ1v) is 12.7. The van der Waals surface area contributed by atoms with E-state index in [1.165, 1.54) is 40.8 Å². The number of hydrogen-bond donors (Lipinski definition) is 0. The quantitative estimate of drug-likeness (QED) is 0.416. The van der Waals surface area contributed by atoms with E-state index >= 15 is 0 Å². The van der Waals surface area contributed by atoms with E-state index in [-0.39, 0.29) is 11.4 Å². The Morgan fingerprint density at radius 3 is 2.75 bits per heavy atom. The summed E-state index contributed by atoms with van der Waals surface area (Å²) in [5.74, 6) is -0.266. The molecule has 5 rings (SSSR count). The van der Waals surface area contributed by atoms with Crippen LogP contribution in [-0.4, -0.2) is 11.6 Å². The van der Waals surface area contributed by atoms with Crippen molar-refractivity contribution in [3.63, 3.8) is 0 Å². The molecule has 8 heteroatoms. The van der Waals surface area contributed by atoms with Gasteiger partial charge in [0.25, 0.3) is 10.6 Å². The minimum atomic E-state index is -0.266. The lowest BCUT2D eigenvalue weighted by molar-refractivity contribution is -0.685. The Hall–Kier alpha value is -2.68. The SMILES string of the molecule is CCn1c(=O)/c(=C2\Sc3cc(F)ccc3N2C)s/c1=C\c1scc[n+]1Cc1ccccc1. The average Bonchev–Trinajstić information content (AvgIpc) is 3.45. The second-order valence-electron chi connectivity index (χ2n) is 7.40. The molecule has 0 unspecified atom stereocenters. The zero-order valence-electron chi connectivity index (χ0n) is 17.6. The highest BCUT2D eigenvalue weighted by atomic mass is 32.2. The predicted molar refractivity (Wildman–Crippen MR) is 131 cm³/mol. The molecule has 0 atom stereocenters. The Morgan fingerprint density at radius 2 is 1.97 bits per heavy atom. The largest absolute Gasteiger partial charge is 0.337 e. The van der Waals surface area contributed by atoms with Crippen molar-refractivity contribution in [2.45, 2.75) is 24.9 Å². The number of halogens is 1. The summed E-state index contributed by atoms with van der Waals surface area (Å²) in [6, 6.07) is 15.1. The van der Waals surface area contributed by atoms with Gasteiger partial charge in [0.1, 0.15) is 20.0 Å². The van der Waals surface area contributed by atoms with E-state index in [1.807, 2.05) is 41.6 Å². The van der Waals surface area contributed by atoms with Gasteiger partial charge in [0, 0.05) is 24.1 Å². The van der Waals surface area contributed by atoms with Crippen molar-refractivity contribution in [2.24, 2.45) is 0 Å². The van der Waals surface area contributed by atoms with Crippen LogP contribution in [0, 0.1) is 5.82 Å². The van der Waals surface area contributed by atoms with Crippen LogP contribution >= 0.6 is 34.4 Å². The highest BCUT2D eigenvalue weighted by Crippen LogP contribution is 2.45. The number of nitrogens with zero attached hydrogens (tertiary/aromatic N) is 3. The predicted octanol–water partition coefficient (Wildman–Crippen LogP) is 3.60. The number of thioether (sulfide) groups is 1. The molecule has 0 fully saturated rings. The van der Waals surface area contributed by atoms with Gasteiger partial charge in [-0.05, 0) is 25.1 Å². The molecule has 0 bridgehead atoms. The van der Waals surface area contributed by atoms with E-state index < -0.39 is 0 Å². The molecule has 4 nitrogen and oxygen atoms in total. The van der Waals surface area contributed by atoms with Crippen molar-refractivity contribution in [2.75, 3.05) is 11.9 Å². The van der Waals surface area contributed by atoms with Gasteiger partial charge in [0.15, 0.2) is 12.7 Å². The summed E-state index contributed by atoms with van der Waals surface area (Å²) < 4.78 is 19.3. The number of benzene rings is 2. The molecule has 0 radical (unpaired) electrons. The van der Waals surface area contributed by atoms with Gasteiger partial charge >= 0.3 is 0 Å². The van der Waals surface area contributed by atoms with E-state index in [4.69, 9.17) is 0 Å². The Balaban J connectivity index is 1.61. The first-order chi connectivity index (χ1) is 15.5. The maximum absolute atomic E-state index is 13.7. The molecule has 32 heavy (non-hydrogen) atoms. The lowest BCUT2D eigenvalue weighted by Crippen LogP contribution is -2.36. The summed E-state index contributed by atoms with van der Waals surface area (Å²) in [5.41, 5.74) is 2.15. The van der Waals surface area contributed by atoms with Crippen molar-refractivity contribution >= 4 is 51.2 Å². The molecule has 162 valence electrons. The highest BCUT2D eigenvalue weighted by molar-refractivity contribution is 8.08. The molecular weight excluding hydrogens is 461 g/mol. The molecule has 1 aliphatic rings. The third-order valence-electron chi connectivity index (χ3n) is 5.37. The van der Waals surface area contributed by atoms with Crippen LogP contribution in [0.5, 0.6) is 0 Å². The van der Waals surface area contributed by atoms with Crippen LogP contribution in [0.15, 0.2) is 69.8 Å². The fourth-order valence-electron chi connectivity index (χ4n) is 3.74. The van der Waals surface area contributed by atoms with Crippen molar-refractivity contribution in [1.29, 1.82) is 0 Å². The molecule has 0 spiro atoms. The molecule has 2 aromatic heterocycles. The number of fused-ring (bicyclic) bond motifs is 1. The Kier molecular flexibility index (Phi) is 5.75. The van der Waals surface area contributed by atoms with Gasteiger partial charge in [-0.25, -0.2) is 4.39 Å². The van der Waals surface area contributed by atoms with Crippen LogP contribution < -0.4 is 24.2 Å². The van der Waals surface area contributed by atoms with E-state index in [9.17, 15) is 9.18 Å². The summed E-state index contributed by atoms with van der Waals surface area (Å²) in [4.78, 5) is 16.1. The second kappa shape index (κ2) is 8.69. The zero-order chi connectivity index (χ0) is 22.2. The molecule has 2 aromatic carbocycles. The van der Waals surface area contributed by atoms with Gasteiger partial charge in [-0.3, -0.25) is 9.36 Å². The molecule has 0 N–H and O–H groups in total. The fraction of sp³-hybridized carbons (Fsp3) is 0.167. The number of aromatic nitrogens is 2. The average molecular weight is 483 g/mol. The Bertz CT molecular complexity index is 1470. The van der Waals surface area contributed by atoms with Crippen molar-refractivity contribution in [3.8, 4) is 0 Å². The highest BCUT2D eigenvalue weighted by Gasteiger charge is 2.25. The summed E-state index contributed by atoms with van der Waals surface area (Å²) >= 11 is 4.61. The fourth-order valence-corrected chi connectivity index (χ4v) is 7.08. The molecule has 0 saturated heterocycles. The third-order valence-corrected chi connectivity index (χ3v) is 8.69. The molecule has 0 aliphatic carbocycles. The minimum Gasteiger partial charge on any atom is -0.337 e. The van der Waals surface area contributed by atoms with Crippen LogP contribution in [0.1, 0.15) is 17.5 Å². The summed E-state index contributed by atoms with van der Waals surface area (Å²) in [6.45, 7) is 3.36. The molecule has 0 amide bonds. The van der Waals surface area contributed by atoms with E-state index in [1.54, 1.807) is 17.4 Å². The van der Waals surface area contributed by atoms with Crippen LogP contribution in [0.4, 0.5) is 10.1 Å². The lowest BCUT2D eigenvalue weighted by atomic mass is 10.2. The van der Waals surface area contributed by atoms with Crippen molar-refractivity contribution < 1.29 is 8.96 Å². The first-order valence-electron chi connectivity index (χ1n) is 10.2. The maximum atomic E-state index is 13.7. The lowest BCUT2D eigenvalue weighted by Gasteiger charge is -2.12. The minimum absolute atomic E-state index is 0.00227. The van der Waals surface area contributed by atoms with E-state index in [0.717, 1.165) is 31.8 Å². The standard InChI is InChI=1S/C24H21FN3OS3/c1-3-28-21(14-20-27(11-12-30-20)15-16-7-5-4-6-8-16)32-22(23(28)29)24-26(2)18-10-9-17(25)13-19(18)31-24/h4-14H,3,15H2,1-2H3/q+1/b24-22+.